The third-order valence-corrected chi connectivity index (χ3v) is 2.02. The van der Waals surface area contributed by atoms with E-state index in [9.17, 15) is 0 Å². The molecule has 0 spiro atoms. The molecule has 0 aliphatic carbocycles. The molecule has 2 aromatic rings. The van der Waals surface area contributed by atoms with Gasteiger partial charge < -0.3 is 16.1 Å². The molecule has 0 aromatic carbocycles. The van der Waals surface area contributed by atoms with E-state index in [1.165, 1.54) is 0 Å². The number of aromatic amines is 1. The molecule has 0 atom stereocenters. The summed E-state index contributed by atoms with van der Waals surface area (Å²) in [5.41, 5.74) is 7.64. The zero-order chi connectivity index (χ0) is 10.1. The van der Waals surface area contributed by atoms with Crippen LogP contribution in [0, 0.1) is 5.41 Å². The number of hydrogen-bond donors (Lipinski definition) is 3. The third kappa shape index (κ3) is 1.19. The molecular weight excluding hydrogens is 178 g/mol. The van der Waals surface area contributed by atoms with Gasteiger partial charge in [-0.05, 0) is 13.0 Å². The first-order valence-electron chi connectivity index (χ1n) is 4.22. The highest BCUT2D eigenvalue weighted by Gasteiger charge is 2.12. The lowest BCUT2D eigenvalue weighted by atomic mass is 10.2. The summed E-state index contributed by atoms with van der Waals surface area (Å²) in [5.74, 6) is 0.503. The van der Waals surface area contributed by atoms with E-state index in [1.807, 2.05) is 12.3 Å². The van der Waals surface area contributed by atoms with Crippen molar-refractivity contribution in [3.8, 4) is 5.69 Å². The quantitative estimate of drug-likeness (QED) is 0.619. The fourth-order valence-electron chi connectivity index (χ4n) is 1.41. The Morgan fingerprint density at radius 1 is 1.64 bits per heavy atom. The summed E-state index contributed by atoms with van der Waals surface area (Å²) < 4.78 is 1.68. The Labute approximate surface area is 81.1 Å². The van der Waals surface area contributed by atoms with Gasteiger partial charge in [0.2, 0.25) is 0 Å². The minimum Gasteiger partial charge on any atom is -0.385 e. The molecule has 5 nitrogen and oxygen atoms in total. The normalized spacial score (nSPS) is 10.4. The summed E-state index contributed by atoms with van der Waals surface area (Å²) in [7, 11) is 0. The molecule has 0 saturated heterocycles. The lowest BCUT2D eigenvalue weighted by molar-refractivity contribution is 0.880. The topological polar surface area (TPSA) is 83.5 Å². The predicted molar refractivity (Wildman–Crippen MR) is 54.8 cm³/mol. The second kappa shape index (κ2) is 3.02. The van der Waals surface area contributed by atoms with Crippen molar-refractivity contribution in [3.63, 3.8) is 0 Å². The van der Waals surface area contributed by atoms with Crippen molar-refractivity contribution in [1.29, 1.82) is 5.41 Å². The maximum atomic E-state index is 7.60. The molecule has 0 unspecified atom stereocenters. The van der Waals surface area contributed by atoms with Crippen LogP contribution in [0.5, 0.6) is 0 Å². The van der Waals surface area contributed by atoms with E-state index in [1.54, 1.807) is 24.0 Å². The van der Waals surface area contributed by atoms with Gasteiger partial charge in [-0.25, -0.2) is 4.68 Å². The van der Waals surface area contributed by atoms with Crippen LogP contribution in [-0.2, 0) is 0 Å². The van der Waals surface area contributed by atoms with Crippen molar-refractivity contribution < 1.29 is 0 Å². The minimum atomic E-state index is 0.425. The Bertz CT molecular complexity index is 452. The summed E-state index contributed by atoms with van der Waals surface area (Å²) in [4.78, 5) is 2.88. The highest BCUT2D eigenvalue weighted by atomic mass is 15.3. The molecule has 0 saturated carbocycles. The number of rotatable bonds is 2. The molecule has 0 radical (unpaired) electrons. The van der Waals surface area contributed by atoms with Gasteiger partial charge in [0.1, 0.15) is 5.82 Å². The first kappa shape index (κ1) is 8.55. The standard InChI is InChI=1S/C9H11N5/c1-6(10)8-7(5-12-9(8)11)14-4-2-3-13-14/h2-5,10,12H,11H2,1H3. The highest BCUT2D eigenvalue weighted by Crippen LogP contribution is 2.19. The van der Waals surface area contributed by atoms with Crippen molar-refractivity contribution in [2.45, 2.75) is 6.92 Å². The number of aromatic nitrogens is 3. The number of hydrogen-bond acceptors (Lipinski definition) is 3. The SMILES string of the molecule is CC(=N)c1c(-n2cccn2)c[nH]c1N. The van der Waals surface area contributed by atoms with Gasteiger partial charge in [0.05, 0.1) is 11.3 Å². The second-order valence-electron chi connectivity index (χ2n) is 3.04. The lowest BCUT2D eigenvalue weighted by Crippen LogP contribution is -2.03. The van der Waals surface area contributed by atoms with Crippen LogP contribution in [0.15, 0.2) is 24.7 Å². The van der Waals surface area contributed by atoms with Gasteiger partial charge >= 0.3 is 0 Å². The first-order chi connectivity index (χ1) is 6.70. The van der Waals surface area contributed by atoms with Crippen LogP contribution in [0.4, 0.5) is 5.82 Å². The third-order valence-electron chi connectivity index (χ3n) is 2.02. The zero-order valence-corrected chi connectivity index (χ0v) is 7.78. The Morgan fingerprint density at radius 3 is 3.00 bits per heavy atom. The van der Waals surface area contributed by atoms with Crippen LogP contribution >= 0.6 is 0 Å². The van der Waals surface area contributed by atoms with E-state index in [2.05, 4.69) is 10.1 Å². The average Bonchev–Trinajstić information content (AvgIpc) is 2.70. The molecule has 2 aromatic heterocycles. The molecule has 0 amide bonds. The monoisotopic (exact) mass is 189 g/mol. The van der Waals surface area contributed by atoms with Crippen molar-refractivity contribution in [3.05, 3.63) is 30.2 Å². The molecule has 4 N–H and O–H groups in total. The lowest BCUT2D eigenvalue weighted by Gasteiger charge is -2.02. The molecule has 0 aliphatic heterocycles. The number of H-pyrrole nitrogens is 1. The maximum Gasteiger partial charge on any atom is 0.112 e. The van der Waals surface area contributed by atoms with Crippen LogP contribution in [0.25, 0.3) is 5.69 Å². The van der Waals surface area contributed by atoms with Crippen LogP contribution in [0.1, 0.15) is 12.5 Å². The van der Waals surface area contributed by atoms with Crippen molar-refractivity contribution in [2.24, 2.45) is 0 Å². The van der Waals surface area contributed by atoms with Crippen molar-refractivity contribution in [1.82, 2.24) is 14.8 Å². The number of nitrogens with two attached hydrogens (primary N) is 1. The number of nitrogens with one attached hydrogen (secondary N) is 2. The number of nitrogens with zero attached hydrogens (tertiary/aromatic N) is 2. The fourth-order valence-corrected chi connectivity index (χ4v) is 1.41. The average molecular weight is 189 g/mol. The van der Waals surface area contributed by atoms with Crippen LogP contribution in [0.3, 0.4) is 0 Å². The summed E-state index contributed by atoms with van der Waals surface area (Å²) in [6, 6.07) is 1.83. The summed E-state index contributed by atoms with van der Waals surface area (Å²) >= 11 is 0. The molecule has 14 heavy (non-hydrogen) atoms. The predicted octanol–water partition coefficient (Wildman–Crippen LogP) is 1.17. The van der Waals surface area contributed by atoms with Gasteiger partial charge in [-0.1, -0.05) is 0 Å². The molecule has 2 heterocycles. The first-order valence-corrected chi connectivity index (χ1v) is 4.22. The van der Waals surface area contributed by atoms with Crippen LogP contribution < -0.4 is 5.73 Å². The van der Waals surface area contributed by atoms with E-state index in [0.29, 0.717) is 17.1 Å². The van der Waals surface area contributed by atoms with Gasteiger partial charge in [0.15, 0.2) is 0 Å². The van der Waals surface area contributed by atoms with Crippen molar-refractivity contribution in [2.75, 3.05) is 5.73 Å². The Hall–Kier alpha value is -2.04. The van der Waals surface area contributed by atoms with Gasteiger partial charge in [-0.15, -0.1) is 0 Å². The van der Waals surface area contributed by atoms with Crippen LogP contribution in [0.2, 0.25) is 0 Å². The van der Waals surface area contributed by atoms with E-state index in [-0.39, 0.29) is 0 Å². The molecular formula is C9H11N5. The Morgan fingerprint density at radius 2 is 2.43 bits per heavy atom. The zero-order valence-electron chi connectivity index (χ0n) is 7.78. The molecule has 0 bridgehead atoms. The Balaban J connectivity index is 2.60. The van der Waals surface area contributed by atoms with Gasteiger partial charge in [-0.2, -0.15) is 5.10 Å². The van der Waals surface area contributed by atoms with E-state index in [0.717, 1.165) is 5.69 Å². The minimum absolute atomic E-state index is 0.425. The summed E-state index contributed by atoms with van der Waals surface area (Å²) in [5, 5.41) is 11.7. The summed E-state index contributed by atoms with van der Waals surface area (Å²) in [6.45, 7) is 1.70. The van der Waals surface area contributed by atoms with Gasteiger partial charge in [0.25, 0.3) is 0 Å². The Kier molecular flexibility index (Phi) is 1.85. The number of nitrogen functional groups attached to an aromatic ring is 1. The molecule has 0 aliphatic rings. The molecule has 0 fully saturated rings. The van der Waals surface area contributed by atoms with Crippen LogP contribution in [-0.4, -0.2) is 20.5 Å². The second-order valence-corrected chi connectivity index (χ2v) is 3.04. The fraction of sp³-hybridized carbons (Fsp3) is 0.111. The maximum absolute atomic E-state index is 7.60. The van der Waals surface area contributed by atoms with E-state index < -0.39 is 0 Å². The number of anilines is 1. The largest absolute Gasteiger partial charge is 0.385 e. The van der Waals surface area contributed by atoms with Gasteiger partial charge in [-0.3, -0.25) is 0 Å². The molecule has 72 valence electrons. The summed E-state index contributed by atoms with van der Waals surface area (Å²) in [6.07, 6.45) is 5.25. The van der Waals surface area contributed by atoms with E-state index >= 15 is 0 Å². The van der Waals surface area contributed by atoms with E-state index in [4.69, 9.17) is 11.1 Å². The molecule has 2 rings (SSSR count). The highest BCUT2D eigenvalue weighted by molar-refractivity contribution is 6.03. The van der Waals surface area contributed by atoms with Gasteiger partial charge in [0, 0.05) is 24.3 Å². The van der Waals surface area contributed by atoms with Crippen molar-refractivity contribution >= 4 is 11.5 Å². The smallest absolute Gasteiger partial charge is 0.112 e. The molecule has 5 heteroatoms.